The van der Waals surface area contributed by atoms with E-state index in [4.69, 9.17) is 5.10 Å². The zero-order chi connectivity index (χ0) is 38.4. The largest absolute Gasteiger partial charge is 0.347 e. The molecule has 13 heteroatoms. The molecule has 0 spiro atoms. The minimum absolute atomic E-state index is 0.189. The Morgan fingerprint density at radius 1 is 0.982 bits per heavy atom. The molecule has 0 aliphatic carbocycles. The molecule has 4 aromatic heterocycles. The summed E-state index contributed by atoms with van der Waals surface area (Å²) >= 11 is 0. The van der Waals surface area contributed by atoms with Gasteiger partial charge in [-0.1, -0.05) is 24.3 Å². The lowest BCUT2D eigenvalue weighted by atomic mass is 9.87. The number of imide groups is 1. The molecule has 2 aliphatic heterocycles. The third kappa shape index (κ3) is 7.40. The number of likely N-dealkylation sites (tertiary alicyclic amines) is 1. The van der Waals surface area contributed by atoms with Crippen LogP contribution in [0.15, 0.2) is 67.3 Å². The number of rotatable bonds is 9. The minimum Gasteiger partial charge on any atom is -0.347 e. The molecular formula is C42H48N10O3. The molecule has 0 radical (unpaired) electrons. The van der Waals surface area contributed by atoms with Crippen LogP contribution in [0.4, 0.5) is 0 Å². The van der Waals surface area contributed by atoms with Crippen LogP contribution in [0, 0.1) is 6.92 Å². The zero-order valence-corrected chi connectivity index (χ0v) is 32.2. The van der Waals surface area contributed by atoms with Crippen LogP contribution in [-0.4, -0.2) is 76.4 Å². The Balaban J connectivity index is 0.874. The Morgan fingerprint density at radius 2 is 1.80 bits per heavy atom. The monoisotopic (exact) mass is 740 g/mol. The lowest BCUT2D eigenvalue weighted by Crippen LogP contribution is -2.39. The number of aromatic nitrogens is 7. The van der Waals surface area contributed by atoms with E-state index >= 15 is 0 Å². The Kier molecular flexibility index (Phi) is 9.58. The van der Waals surface area contributed by atoms with Crippen molar-refractivity contribution in [2.45, 2.75) is 83.7 Å². The predicted octanol–water partition coefficient (Wildman–Crippen LogP) is 5.42. The molecule has 2 saturated heterocycles. The summed E-state index contributed by atoms with van der Waals surface area (Å²) in [4.78, 5) is 44.3. The Labute approximate surface area is 320 Å². The van der Waals surface area contributed by atoms with Crippen molar-refractivity contribution in [1.82, 2.24) is 49.7 Å². The van der Waals surface area contributed by atoms with Gasteiger partial charge in [-0.15, -0.1) is 0 Å². The summed E-state index contributed by atoms with van der Waals surface area (Å²) in [5.74, 6) is -0.588. The Morgan fingerprint density at radius 3 is 2.55 bits per heavy atom. The summed E-state index contributed by atoms with van der Waals surface area (Å²) in [5.41, 5.74) is 9.50. The predicted molar refractivity (Wildman–Crippen MR) is 210 cm³/mol. The molecule has 1 atom stereocenters. The third-order valence-electron chi connectivity index (χ3n) is 11.3. The van der Waals surface area contributed by atoms with Crippen LogP contribution in [0.1, 0.15) is 96.7 Å². The number of fused-ring (bicyclic) bond motifs is 2. The second kappa shape index (κ2) is 14.5. The van der Waals surface area contributed by atoms with Gasteiger partial charge in [-0.3, -0.25) is 29.1 Å². The van der Waals surface area contributed by atoms with E-state index in [9.17, 15) is 14.4 Å². The minimum atomic E-state index is -0.396. The molecule has 55 heavy (non-hydrogen) atoms. The summed E-state index contributed by atoms with van der Waals surface area (Å²) in [5, 5.41) is 20.2. The number of piperidine rings is 2. The van der Waals surface area contributed by atoms with Gasteiger partial charge in [0.05, 0.1) is 33.9 Å². The number of nitrogens with one attached hydrogen (secondary N) is 2. The smallest absolute Gasteiger partial charge is 0.272 e. The number of hydrogen-bond acceptors (Lipinski definition) is 8. The number of hydrogen-bond donors (Lipinski definition) is 2. The van der Waals surface area contributed by atoms with Crippen LogP contribution >= 0.6 is 0 Å². The van der Waals surface area contributed by atoms with Gasteiger partial charge in [0.25, 0.3) is 5.91 Å². The average molecular weight is 741 g/mol. The van der Waals surface area contributed by atoms with Crippen molar-refractivity contribution >= 4 is 34.1 Å². The standard InChI is InChI=1S/C42H48N10O3/c1-26-20-30(6-7-31(26)23-43-41(55)34-15-19-52(47-34)42(2,3)4)38-36-21-27(24-51(36)45-25-44-38)12-16-50-17-13-28(14-18-50)29-8-9-32-35(22-29)49(5)48-39(32)33-10-11-37(53)46-40(33)54/h6-9,15,19-22,24-25,28,33H,10-14,16-18,23H2,1-5H3,(H,43,55)(H,46,53,54). The van der Waals surface area contributed by atoms with Crippen LogP contribution in [-0.2, 0) is 35.1 Å². The fourth-order valence-corrected chi connectivity index (χ4v) is 8.01. The quantitative estimate of drug-likeness (QED) is 0.187. The first-order valence-electron chi connectivity index (χ1n) is 19.2. The fraction of sp³-hybridized carbons (Fsp3) is 0.405. The summed E-state index contributed by atoms with van der Waals surface area (Å²) in [6, 6.07) is 16.7. The van der Waals surface area contributed by atoms with Crippen molar-refractivity contribution in [3.05, 3.63) is 101 Å². The first-order valence-corrected chi connectivity index (χ1v) is 19.2. The maximum absolute atomic E-state index is 12.8. The summed E-state index contributed by atoms with van der Waals surface area (Å²) in [6.45, 7) is 11.6. The molecule has 0 saturated carbocycles. The zero-order valence-electron chi connectivity index (χ0n) is 32.2. The molecule has 0 bridgehead atoms. The number of carbonyl (C=O) groups is 3. The maximum atomic E-state index is 12.8. The van der Waals surface area contributed by atoms with Gasteiger partial charge in [-0.25, -0.2) is 9.50 Å². The normalized spacial score (nSPS) is 17.3. The van der Waals surface area contributed by atoms with Crippen LogP contribution in [0.5, 0.6) is 0 Å². The fourth-order valence-electron chi connectivity index (χ4n) is 8.01. The molecule has 13 nitrogen and oxygen atoms in total. The molecular weight excluding hydrogens is 693 g/mol. The number of benzene rings is 2. The van der Waals surface area contributed by atoms with Gasteiger partial charge in [-0.2, -0.15) is 15.3 Å². The van der Waals surface area contributed by atoms with E-state index < -0.39 is 5.92 Å². The molecule has 6 heterocycles. The molecule has 2 aliphatic rings. The maximum Gasteiger partial charge on any atom is 0.272 e. The highest BCUT2D eigenvalue weighted by atomic mass is 16.2. The van der Waals surface area contributed by atoms with Crippen LogP contribution in [0.3, 0.4) is 0 Å². The van der Waals surface area contributed by atoms with Crippen LogP contribution < -0.4 is 10.6 Å². The van der Waals surface area contributed by atoms with E-state index in [0.29, 0.717) is 31.0 Å². The molecule has 2 aromatic carbocycles. The van der Waals surface area contributed by atoms with Crippen molar-refractivity contribution < 1.29 is 14.4 Å². The molecule has 8 rings (SSSR count). The average Bonchev–Trinajstić information content (AvgIpc) is 3.91. The van der Waals surface area contributed by atoms with E-state index in [2.05, 4.69) is 107 Å². The van der Waals surface area contributed by atoms with Gasteiger partial charge in [0, 0.05) is 49.9 Å². The number of amides is 3. The number of carbonyl (C=O) groups excluding carboxylic acids is 3. The first-order chi connectivity index (χ1) is 26.4. The van der Waals surface area contributed by atoms with Crippen molar-refractivity contribution in [2.75, 3.05) is 19.6 Å². The Hall–Kier alpha value is -5.69. The highest BCUT2D eigenvalue weighted by Gasteiger charge is 2.32. The van der Waals surface area contributed by atoms with E-state index in [1.165, 1.54) is 11.1 Å². The van der Waals surface area contributed by atoms with Crippen LogP contribution in [0.2, 0.25) is 0 Å². The second-order valence-electron chi connectivity index (χ2n) is 16.1. The third-order valence-corrected chi connectivity index (χ3v) is 11.3. The van der Waals surface area contributed by atoms with Crippen molar-refractivity contribution in [3.63, 3.8) is 0 Å². The van der Waals surface area contributed by atoms with E-state index in [0.717, 1.165) is 83.4 Å². The SMILES string of the molecule is Cc1cc(-c2ncnn3cc(CCN4CCC(c5ccc6c(C7CCC(=O)NC7=O)nn(C)c6c5)CC4)cc23)ccc1CNC(=O)c1ccn(C(C)(C)C)n1. The lowest BCUT2D eigenvalue weighted by Gasteiger charge is -2.32. The van der Waals surface area contributed by atoms with Crippen molar-refractivity contribution in [2.24, 2.45) is 7.05 Å². The van der Waals surface area contributed by atoms with E-state index in [1.54, 1.807) is 17.1 Å². The summed E-state index contributed by atoms with van der Waals surface area (Å²) in [7, 11) is 1.93. The molecule has 284 valence electrons. The van der Waals surface area contributed by atoms with E-state index in [-0.39, 0.29) is 23.3 Å². The van der Waals surface area contributed by atoms with Gasteiger partial charge in [0.15, 0.2) is 0 Å². The highest BCUT2D eigenvalue weighted by Crippen LogP contribution is 2.35. The van der Waals surface area contributed by atoms with Gasteiger partial charge < -0.3 is 10.2 Å². The summed E-state index contributed by atoms with van der Waals surface area (Å²) in [6.07, 6.45) is 9.47. The molecule has 3 amide bonds. The second-order valence-corrected chi connectivity index (χ2v) is 16.1. The van der Waals surface area contributed by atoms with Gasteiger partial charge in [0.2, 0.25) is 11.8 Å². The lowest BCUT2D eigenvalue weighted by molar-refractivity contribution is -0.134. The van der Waals surface area contributed by atoms with Gasteiger partial charge in [0.1, 0.15) is 12.0 Å². The van der Waals surface area contributed by atoms with Gasteiger partial charge in [-0.05, 0) is 119 Å². The number of aryl methyl sites for hydroxylation is 2. The highest BCUT2D eigenvalue weighted by molar-refractivity contribution is 6.02. The first kappa shape index (κ1) is 36.3. The summed E-state index contributed by atoms with van der Waals surface area (Å²) < 4.78 is 5.59. The Bertz CT molecular complexity index is 2420. The molecule has 1 unspecified atom stereocenters. The molecule has 2 fully saturated rings. The topological polar surface area (TPSA) is 144 Å². The molecule has 2 N–H and O–H groups in total. The van der Waals surface area contributed by atoms with E-state index in [1.807, 2.05) is 22.4 Å². The van der Waals surface area contributed by atoms with Crippen molar-refractivity contribution in [1.29, 1.82) is 0 Å². The van der Waals surface area contributed by atoms with Gasteiger partial charge >= 0.3 is 0 Å². The molecule has 6 aromatic rings. The van der Waals surface area contributed by atoms with Crippen molar-refractivity contribution in [3.8, 4) is 11.3 Å². The van der Waals surface area contributed by atoms with Crippen LogP contribution in [0.25, 0.3) is 27.7 Å². The number of nitrogens with zero attached hydrogens (tertiary/aromatic N) is 8.